The molecule has 0 saturated carbocycles. The fraction of sp³-hybridized carbons (Fsp3) is 0.484. The van der Waals surface area contributed by atoms with Crippen LogP contribution in [0.15, 0.2) is 44.1 Å². The van der Waals surface area contributed by atoms with Gasteiger partial charge in [-0.15, -0.1) is 10.2 Å². The van der Waals surface area contributed by atoms with Crippen LogP contribution in [0.2, 0.25) is 0 Å². The second kappa shape index (κ2) is 19.5. The fourth-order valence-corrected chi connectivity index (χ4v) is 9.06. The van der Waals surface area contributed by atoms with Crippen molar-refractivity contribution in [3.05, 3.63) is 35.3 Å². The number of primary sulfonamides is 2. The third kappa shape index (κ3) is 13.1. The molecule has 4 aromatic rings. The first-order valence-electron chi connectivity index (χ1n) is 17.7. The van der Waals surface area contributed by atoms with Crippen molar-refractivity contribution in [2.75, 3.05) is 90.9 Å². The normalized spacial score (nSPS) is 17.0. The van der Waals surface area contributed by atoms with Crippen molar-refractivity contribution in [3.63, 3.8) is 0 Å². The van der Waals surface area contributed by atoms with Crippen LogP contribution in [0.3, 0.4) is 0 Å². The molecule has 2 amide bonds. The number of fused-ring (bicyclic) bond motifs is 1. The zero-order chi connectivity index (χ0) is 43.1. The summed E-state index contributed by atoms with van der Waals surface area (Å²) >= 11 is 1.57. The van der Waals surface area contributed by atoms with Gasteiger partial charge in [0.2, 0.25) is 30.3 Å². The predicted molar refractivity (Wildman–Crippen MR) is 213 cm³/mol. The molecule has 1 aromatic carbocycles. The molecular weight excluding hydrogens is 857 g/mol. The Morgan fingerprint density at radius 1 is 0.763 bits per heavy atom. The molecule has 1 fully saturated rings. The lowest BCUT2D eigenvalue weighted by molar-refractivity contribution is -0.139. The summed E-state index contributed by atoms with van der Waals surface area (Å²) in [4.78, 5) is 66.1. The van der Waals surface area contributed by atoms with Gasteiger partial charge in [-0.2, -0.15) is 0 Å². The average Bonchev–Trinajstić information content (AvgIpc) is 3.87. The van der Waals surface area contributed by atoms with Crippen molar-refractivity contribution in [1.82, 2.24) is 49.3 Å². The summed E-state index contributed by atoms with van der Waals surface area (Å²) in [5, 5.41) is 43.3. The molecule has 4 heterocycles. The van der Waals surface area contributed by atoms with Gasteiger partial charge in [-0.3, -0.25) is 43.8 Å². The maximum atomic E-state index is 13.3. The molecule has 0 aliphatic carbocycles. The van der Waals surface area contributed by atoms with Crippen LogP contribution in [-0.4, -0.2) is 180 Å². The number of benzene rings is 1. The third-order valence-electron chi connectivity index (χ3n) is 8.85. The topological polar surface area (TPSA) is 326 Å². The number of carboxylic acid groups (broad SMARTS) is 2. The number of aromatic nitrogens is 5. The van der Waals surface area contributed by atoms with Crippen LogP contribution in [0.5, 0.6) is 0 Å². The van der Waals surface area contributed by atoms with Gasteiger partial charge in [-0.1, -0.05) is 34.8 Å². The summed E-state index contributed by atoms with van der Waals surface area (Å²) < 4.78 is 48.8. The van der Waals surface area contributed by atoms with E-state index in [2.05, 4.69) is 30.8 Å². The highest BCUT2D eigenvalue weighted by Gasteiger charge is 2.24. The first kappa shape index (κ1) is 45.3. The predicted octanol–water partition coefficient (Wildman–Crippen LogP) is -2.79. The lowest BCUT2D eigenvalue weighted by Gasteiger charge is -2.33. The van der Waals surface area contributed by atoms with E-state index in [0.29, 0.717) is 21.9 Å². The van der Waals surface area contributed by atoms with E-state index in [4.69, 9.17) is 10.3 Å². The minimum Gasteiger partial charge on any atom is -0.480 e. The highest BCUT2D eigenvalue weighted by Crippen LogP contribution is 2.25. The van der Waals surface area contributed by atoms with Gasteiger partial charge in [0.25, 0.3) is 20.0 Å². The Bertz CT molecular complexity index is 2380. The van der Waals surface area contributed by atoms with Crippen LogP contribution in [0.4, 0.5) is 5.69 Å². The van der Waals surface area contributed by atoms with E-state index in [0.717, 1.165) is 22.7 Å². The largest absolute Gasteiger partial charge is 0.480 e. The van der Waals surface area contributed by atoms with E-state index in [1.807, 2.05) is 4.90 Å². The molecule has 322 valence electrons. The molecule has 1 aliphatic heterocycles. The lowest BCUT2D eigenvalue weighted by atomic mass is 10.1. The second-order valence-electron chi connectivity index (χ2n) is 13.4. The van der Waals surface area contributed by atoms with Gasteiger partial charge >= 0.3 is 11.9 Å². The molecule has 3 aromatic heterocycles. The number of rotatable bonds is 14. The molecule has 1 unspecified atom stereocenters. The monoisotopic (exact) mass is 900 g/mol. The number of sulfonamides is 2. The number of hydrogen-bond acceptors (Lipinski definition) is 18. The first-order valence-corrected chi connectivity index (χ1v) is 22.5. The van der Waals surface area contributed by atoms with E-state index >= 15 is 0 Å². The van der Waals surface area contributed by atoms with Gasteiger partial charge in [0.1, 0.15) is 6.17 Å². The molecule has 59 heavy (non-hydrogen) atoms. The Labute approximate surface area is 345 Å². The quantitative estimate of drug-likeness (QED) is 0.0745. The van der Waals surface area contributed by atoms with E-state index < -0.39 is 44.1 Å². The molecule has 1 aliphatic rings. The van der Waals surface area contributed by atoms with Crippen molar-refractivity contribution in [2.24, 2.45) is 15.3 Å². The number of nitrogens with one attached hydrogen (secondary N) is 2. The van der Waals surface area contributed by atoms with Crippen molar-refractivity contribution < 1.29 is 46.2 Å². The molecule has 0 bridgehead atoms. The molecule has 0 spiro atoms. The maximum Gasteiger partial charge on any atom is 0.317 e. The number of amides is 2. The Balaban J connectivity index is 1.22. The van der Waals surface area contributed by atoms with Gasteiger partial charge in [0.05, 0.1) is 38.1 Å². The Morgan fingerprint density at radius 3 is 1.69 bits per heavy atom. The number of carboxylic acids is 2. The molecule has 1 atom stereocenters. The van der Waals surface area contributed by atoms with E-state index in [9.17, 15) is 46.2 Å². The second-order valence-corrected chi connectivity index (χ2v) is 18.8. The smallest absolute Gasteiger partial charge is 0.317 e. The molecule has 24 nitrogen and oxygen atoms in total. The Hall–Kier alpha value is -4.78. The molecule has 0 radical (unpaired) electrons. The number of nitrogens with two attached hydrogens (primary N) is 2. The number of carbonyl (C=O) groups is 4. The Morgan fingerprint density at radius 2 is 1.24 bits per heavy atom. The minimum absolute atomic E-state index is 0.0772. The maximum absolute atomic E-state index is 13.3. The van der Waals surface area contributed by atoms with Crippen LogP contribution in [0.1, 0.15) is 13.1 Å². The standard InChI is InChI=1S/C31H44N14O10S4/c1-20(45-28(34-2)56-31(39-45)59(33,54)55)35-24(46)16-40-7-11-42(18-26(48)49)13-9-41(10-14-43(12-8-40)19-27(50)51)17-25(47)36-22-5-3-21(4-6-22)23-15-44-29(37-23)57-30(38-44)58(32,52)53/h3-6,15,20H,7-14,16-19H2,1-2H3,(H,35,46)(H,36,47)(H,48,49)(H,50,51)(H2,32,52,53)(H2,33,54,55). The summed E-state index contributed by atoms with van der Waals surface area (Å²) in [6.07, 6.45) is 0.742. The molecular formula is C31H44N14O10S4. The van der Waals surface area contributed by atoms with E-state index in [1.54, 1.807) is 52.1 Å². The summed E-state index contributed by atoms with van der Waals surface area (Å²) in [6, 6.07) is 6.81. The highest BCUT2D eigenvalue weighted by atomic mass is 32.3. The number of hydrogen-bond donors (Lipinski definition) is 6. The van der Waals surface area contributed by atoms with Crippen molar-refractivity contribution >= 4 is 77.1 Å². The average molecular weight is 901 g/mol. The van der Waals surface area contributed by atoms with Crippen molar-refractivity contribution in [1.29, 1.82) is 0 Å². The van der Waals surface area contributed by atoms with Crippen molar-refractivity contribution in [3.8, 4) is 11.3 Å². The lowest BCUT2D eigenvalue weighted by Crippen LogP contribution is -2.50. The summed E-state index contributed by atoms with van der Waals surface area (Å²) in [5.74, 6) is -2.94. The van der Waals surface area contributed by atoms with Crippen LogP contribution < -0.4 is 25.7 Å². The number of anilines is 1. The Kier molecular flexibility index (Phi) is 15.0. The van der Waals surface area contributed by atoms with Gasteiger partial charge in [-0.25, -0.2) is 41.3 Å². The van der Waals surface area contributed by atoms with E-state index in [1.165, 1.54) is 16.2 Å². The van der Waals surface area contributed by atoms with Crippen LogP contribution in [0, 0.1) is 0 Å². The SMILES string of the molecule is CN=c1sc(S(N)(=O)=O)nn1C(C)NC(=O)CN1CCN(CC(=O)O)CCN(CC(=O)Nc2ccc(-c3cn4nc(S(N)(=O)=O)sc4n3)cc2)CCN(CC(=O)O)CC1. The van der Waals surface area contributed by atoms with Gasteiger partial charge in [-0.05, 0) is 19.1 Å². The number of aliphatic carboxylic acids is 2. The number of nitrogens with zero attached hydrogens (tertiary/aromatic N) is 10. The molecule has 5 rings (SSSR count). The number of carbonyl (C=O) groups excluding carboxylic acids is 2. The zero-order valence-electron chi connectivity index (χ0n) is 31.9. The van der Waals surface area contributed by atoms with Gasteiger partial charge < -0.3 is 20.8 Å². The zero-order valence-corrected chi connectivity index (χ0v) is 35.1. The van der Waals surface area contributed by atoms with Crippen LogP contribution in [-0.2, 0) is 39.2 Å². The summed E-state index contributed by atoms with van der Waals surface area (Å²) in [5.41, 5.74) is 1.70. The minimum atomic E-state index is -4.11. The van der Waals surface area contributed by atoms with Crippen LogP contribution >= 0.6 is 22.7 Å². The fourth-order valence-electron chi connectivity index (χ4n) is 5.99. The molecule has 28 heteroatoms. The van der Waals surface area contributed by atoms with E-state index in [-0.39, 0.29) is 97.9 Å². The molecule has 8 N–H and O–H groups in total. The highest BCUT2D eigenvalue weighted by molar-refractivity contribution is 7.91. The van der Waals surface area contributed by atoms with Gasteiger partial charge in [0.15, 0.2) is 0 Å². The molecule has 1 saturated heterocycles. The van der Waals surface area contributed by atoms with Gasteiger partial charge in [0, 0.05) is 70.7 Å². The van der Waals surface area contributed by atoms with Crippen LogP contribution in [0.25, 0.3) is 16.2 Å². The first-order chi connectivity index (χ1) is 27.8. The van der Waals surface area contributed by atoms with Crippen molar-refractivity contribution in [2.45, 2.75) is 21.8 Å². The number of imidazole rings is 1. The third-order valence-corrected chi connectivity index (χ3v) is 13.4. The summed E-state index contributed by atoms with van der Waals surface area (Å²) in [7, 11) is -6.64. The summed E-state index contributed by atoms with van der Waals surface area (Å²) in [6.45, 7) is 2.74.